The van der Waals surface area contributed by atoms with Crippen LogP contribution >= 0.6 is 0 Å². The highest BCUT2D eigenvalue weighted by Gasteiger charge is 2.60. The van der Waals surface area contributed by atoms with Crippen LogP contribution in [0.25, 0.3) is 0 Å². The summed E-state index contributed by atoms with van der Waals surface area (Å²) in [5.41, 5.74) is 0. The van der Waals surface area contributed by atoms with E-state index in [4.69, 9.17) is 5.11 Å². The predicted molar refractivity (Wildman–Crippen MR) is 73.0 cm³/mol. The molecule has 3 aliphatic carbocycles. The fourth-order valence-electron chi connectivity index (χ4n) is 4.87. The van der Waals surface area contributed by atoms with Gasteiger partial charge in [-0.05, 0) is 43.9 Å². The van der Waals surface area contributed by atoms with Gasteiger partial charge in [0.2, 0.25) is 11.8 Å². The predicted octanol–water partition coefficient (Wildman–Crippen LogP) is 1.44. The molecule has 0 radical (unpaired) electrons. The molecule has 0 spiro atoms. The minimum Gasteiger partial charge on any atom is -0.481 e. The highest BCUT2D eigenvalue weighted by Crippen LogP contribution is 2.53. The third kappa shape index (κ3) is 1.72. The molecule has 1 aliphatic heterocycles. The van der Waals surface area contributed by atoms with E-state index in [1.807, 2.05) is 0 Å². The second-order valence-corrected chi connectivity index (χ2v) is 6.89. The number of carboxylic acid groups (broad SMARTS) is 1. The van der Waals surface area contributed by atoms with Gasteiger partial charge in [0.25, 0.3) is 0 Å². The molecule has 21 heavy (non-hydrogen) atoms. The van der Waals surface area contributed by atoms with Crippen molar-refractivity contribution in [3.63, 3.8) is 0 Å². The van der Waals surface area contributed by atoms with Crippen molar-refractivity contribution in [1.82, 2.24) is 4.90 Å². The van der Waals surface area contributed by atoms with Crippen LogP contribution in [-0.2, 0) is 14.4 Å². The Bertz CT molecular complexity index is 516. The molecule has 1 heterocycles. The lowest BCUT2D eigenvalue weighted by atomic mass is 9.85. The summed E-state index contributed by atoms with van der Waals surface area (Å²) in [6.45, 7) is 0. The van der Waals surface area contributed by atoms with Crippen LogP contribution in [0.4, 0.5) is 0 Å². The highest BCUT2D eigenvalue weighted by atomic mass is 16.4. The Balaban J connectivity index is 1.51. The van der Waals surface area contributed by atoms with E-state index in [-0.39, 0.29) is 47.4 Å². The van der Waals surface area contributed by atoms with Crippen molar-refractivity contribution in [2.45, 2.75) is 38.1 Å². The number of imide groups is 1. The van der Waals surface area contributed by atoms with Gasteiger partial charge in [-0.15, -0.1) is 0 Å². The Morgan fingerprint density at radius 2 is 1.52 bits per heavy atom. The van der Waals surface area contributed by atoms with Crippen LogP contribution in [0, 0.1) is 29.6 Å². The molecule has 4 rings (SSSR count). The molecule has 3 fully saturated rings. The maximum Gasteiger partial charge on any atom is 0.306 e. The molecule has 1 N–H and O–H groups in total. The molecule has 0 aromatic carbocycles. The number of nitrogens with zero attached hydrogens (tertiary/aromatic N) is 1. The first kappa shape index (κ1) is 13.0. The monoisotopic (exact) mass is 289 g/mol. The van der Waals surface area contributed by atoms with Crippen LogP contribution in [0.15, 0.2) is 12.2 Å². The van der Waals surface area contributed by atoms with E-state index in [1.54, 1.807) is 0 Å². The van der Waals surface area contributed by atoms with Crippen LogP contribution in [0.5, 0.6) is 0 Å². The second-order valence-electron chi connectivity index (χ2n) is 6.89. The van der Waals surface area contributed by atoms with Gasteiger partial charge in [-0.2, -0.15) is 0 Å². The number of rotatable bonds is 2. The van der Waals surface area contributed by atoms with Gasteiger partial charge in [-0.25, -0.2) is 0 Å². The summed E-state index contributed by atoms with van der Waals surface area (Å²) in [7, 11) is 0. The minimum atomic E-state index is -0.758. The van der Waals surface area contributed by atoms with E-state index < -0.39 is 5.97 Å². The number of likely N-dealkylation sites (tertiary alicyclic amines) is 1. The molecule has 0 unspecified atom stereocenters. The number of carboxylic acids is 1. The van der Waals surface area contributed by atoms with E-state index in [1.165, 1.54) is 4.90 Å². The van der Waals surface area contributed by atoms with E-state index >= 15 is 0 Å². The smallest absolute Gasteiger partial charge is 0.306 e. The maximum atomic E-state index is 12.7. The van der Waals surface area contributed by atoms with E-state index in [9.17, 15) is 14.4 Å². The van der Waals surface area contributed by atoms with Crippen molar-refractivity contribution in [2.24, 2.45) is 29.6 Å². The summed E-state index contributed by atoms with van der Waals surface area (Å²) in [6, 6.07) is -0.0781. The normalized spacial score (nSPS) is 44.5. The summed E-state index contributed by atoms with van der Waals surface area (Å²) < 4.78 is 0. The first-order valence-corrected chi connectivity index (χ1v) is 7.86. The third-order valence-electron chi connectivity index (χ3n) is 5.92. The Labute approximate surface area is 123 Å². The molecule has 112 valence electrons. The maximum absolute atomic E-state index is 12.7. The number of aliphatic carboxylic acids is 1. The number of carbonyl (C=O) groups is 3. The molecule has 5 nitrogen and oxygen atoms in total. The molecule has 0 aromatic heterocycles. The number of amides is 2. The van der Waals surface area contributed by atoms with Crippen molar-refractivity contribution >= 4 is 17.8 Å². The van der Waals surface area contributed by atoms with Crippen LogP contribution < -0.4 is 0 Å². The average molecular weight is 289 g/mol. The first-order chi connectivity index (χ1) is 10.1. The summed E-state index contributed by atoms with van der Waals surface area (Å²) in [6.07, 6.45) is 7.55. The van der Waals surface area contributed by atoms with Crippen molar-refractivity contribution in [3.05, 3.63) is 12.2 Å². The highest BCUT2D eigenvalue weighted by molar-refractivity contribution is 6.06. The van der Waals surface area contributed by atoms with Crippen LogP contribution in [0.1, 0.15) is 32.1 Å². The molecule has 5 heteroatoms. The van der Waals surface area contributed by atoms with Gasteiger partial charge in [-0.3, -0.25) is 19.3 Å². The Kier molecular flexibility index (Phi) is 2.75. The minimum absolute atomic E-state index is 0.000579. The zero-order chi connectivity index (χ0) is 14.7. The lowest BCUT2D eigenvalue weighted by Gasteiger charge is -2.32. The molecule has 1 saturated heterocycles. The molecular weight excluding hydrogens is 270 g/mol. The number of carbonyl (C=O) groups excluding carboxylic acids is 2. The van der Waals surface area contributed by atoms with E-state index in [0.29, 0.717) is 25.7 Å². The molecule has 2 amide bonds. The van der Waals surface area contributed by atoms with Crippen LogP contribution in [-0.4, -0.2) is 33.8 Å². The van der Waals surface area contributed by atoms with Gasteiger partial charge in [0, 0.05) is 6.04 Å². The van der Waals surface area contributed by atoms with Crippen molar-refractivity contribution < 1.29 is 19.5 Å². The first-order valence-electron chi connectivity index (χ1n) is 7.86. The summed E-state index contributed by atoms with van der Waals surface area (Å²) in [5.74, 6) is -0.845. The average Bonchev–Trinajstić information content (AvgIpc) is 3.13. The van der Waals surface area contributed by atoms with E-state index in [2.05, 4.69) is 12.2 Å². The molecule has 4 aliphatic rings. The fraction of sp³-hybridized carbons (Fsp3) is 0.688. The van der Waals surface area contributed by atoms with Crippen molar-refractivity contribution in [1.29, 1.82) is 0 Å². The third-order valence-corrected chi connectivity index (χ3v) is 5.92. The lowest BCUT2D eigenvalue weighted by Crippen LogP contribution is -2.44. The molecular formula is C16H19NO4. The van der Waals surface area contributed by atoms with Gasteiger partial charge in [-0.1, -0.05) is 12.2 Å². The van der Waals surface area contributed by atoms with E-state index in [0.717, 1.165) is 6.42 Å². The van der Waals surface area contributed by atoms with Gasteiger partial charge in [0.05, 0.1) is 17.8 Å². The largest absolute Gasteiger partial charge is 0.481 e. The Morgan fingerprint density at radius 3 is 2.00 bits per heavy atom. The Morgan fingerprint density at radius 1 is 1.00 bits per heavy atom. The van der Waals surface area contributed by atoms with Gasteiger partial charge in [0.15, 0.2) is 0 Å². The topological polar surface area (TPSA) is 74.7 Å². The van der Waals surface area contributed by atoms with Crippen LogP contribution in [0.3, 0.4) is 0 Å². The number of hydrogen-bond donors (Lipinski definition) is 1. The number of allylic oxidation sites excluding steroid dienone is 2. The zero-order valence-corrected chi connectivity index (χ0v) is 11.8. The van der Waals surface area contributed by atoms with Crippen molar-refractivity contribution in [3.8, 4) is 0 Å². The second kappa shape index (κ2) is 4.42. The lowest BCUT2D eigenvalue weighted by molar-refractivity contribution is -0.146. The standard InChI is InChI=1S/C16H19NO4/c18-14-12-9-1-2-10(7-9)13(12)15(19)17(14)11-5-3-8(4-6-11)16(20)21/h1-2,8-13H,3-7H2,(H,20,21)/t8?,9-,10+,11?,12-,13-/m0/s1. The number of hydrogen-bond acceptors (Lipinski definition) is 3. The summed E-state index contributed by atoms with van der Waals surface area (Å²) >= 11 is 0. The molecule has 4 atom stereocenters. The quantitative estimate of drug-likeness (QED) is 0.616. The number of fused-ring (bicyclic) bond motifs is 5. The van der Waals surface area contributed by atoms with Gasteiger partial charge in [0.1, 0.15) is 0 Å². The molecule has 2 saturated carbocycles. The zero-order valence-electron chi connectivity index (χ0n) is 11.8. The Hall–Kier alpha value is -1.65. The van der Waals surface area contributed by atoms with Crippen LogP contribution in [0.2, 0.25) is 0 Å². The van der Waals surface area contributed by atoms with Gasteiger partial charge < -0.3 is 5.11 Å². The fourth-order valence-corrected chi connectivity index (χ4v) is 4.87. The molecule has 2 bridgehead atoms. The van der Waals surface area contributed by atoms with Crippen molar-refractivity contribution in [2.75, 3.05) is 0 Å². The van der Waals surface area contributed by atoms with Gasteiger partial charge >= 0.3 is 5.97 Å². The summed E-state index contributed by atoms with van der Waals surface area (Å²) in [5, 5.41) is 9.05. The molecule has 0 aromatic rings. The summed E-state index contributed by atoms with van der Waals surface area (Å²) in [4.78, 5) is 37.8. The SMILES string of the molecule is O=C(O)C1CCC(N2C(=O)[C@@H]3[C@@H](C2=O)[C@H]2C=C[C@@H]3C2)CC1.